The van der Waals surface area contributed by atoms with Crippen LogP contribution in [0.15, 0.2) is 32.5 Å². The molecule has 2 rings (SSSR count). The van der Waals surface area contributed by atoms with Gasteiger partial charge in [-0.3, -0.25) is 0 Å². The standard InChI is InChI=1S/C12H9Br2F2NS/c1-6(12-2-7(13)5-18-12)17-11-3-8(14)9(15)4-10(11)16/h2-6,17H,1H3. The van der Waals surface area contributed by atoms with E-state index in [9.17, 15) is 8.78 Å². The van der Waals surface area contributed by atoms with Crippen LogP contribution in [-0.4, -0.2) is 0 Å². The molecule has 0 fully saturated rings. The predicted octanol–water partition coefficient (Wildman–Crippen LogP) is 5.72. The third kappa shape index (κ3) is 3.10. The molecule has 18 heavy (non-hydrogen) atoms. The minimum absolute atomic E-state index is 0.0480. The Hall–Kier alpha value is -0.460. The first-order valence-corrected chi connectivity index (χ1v) is 7.59. The van der Waals surface area contributed by atoms with E-state index < -0.39 is 11.6 Å². The summed E-state index contributed by atoms with van der Waals surface area (Å²) in [4.78, 5) is 1.07. The van der Waals surface area contributed by atoms with E-state index in [-0.39, 0.29) is 16.2 Å². The summed E-state index contributed by atoms with van der Waals surface area (Å²) in [6, 6.07) is 4.19. The molecule has 1 aromatic heterocycles. The molecule has 1 unspecified atom stereocenters. The van der Waals surface area contributed by atoms with Crippen LogP contribution in [0.2, 0.25) is 0 Å². The summed E-state index contributed by atoms with van der Waals surface area (Å²) in [6.45, 7) is 1.93. The molecule has 0 aliphatic carbocycles. The zero-order valence-corrected chi connectivity index (χ0v) is 13.3. The Balaban J connectivity index is 2.21. The molecule has 0 bridgehead atoms. The van der Waals surface area contributed by atoms with Crippen LogP contribution in [-0.2, 0) is 0 Å². The maximum Gasteiger partial charge on any atom is 0.149 e. The van der Waals surface area contributed by atoms with Gasteiger partial charge in [-0.25, -0.2) is 8.78 Å². The van der Waals surface area contributed by atoms with Gasteiger partial charge in [-0.05, 0) is 50.9 Å². The number of hydrogen-bond acceptors (Lipinski definition) is 2. The van der Waals surface area contributed by atoms with Crippen molar-refractivity contribution in [1.82, 2.24) is 0 Å². The van der Waals surface area contributed by atoms with Crippen LogP contribution in [0.1, 0.15) is 17.8 Å². The molecule has 1 N–H and O–H groups in total. The van der Waals surface area contributed by atoms with E-state index in [4.69, 9.17) is 0 Å². The van der Waals surface area contributed by atoms with Crippen LogP contribution in [0.4, 0.5) is 14.5 Å². The summed E-state index contributed by atoms with van der Waals surface area (Å²) in [5, 5.41) is 4.99. The van der Waals surface area contributed by atoms with Crippen molar-refractivity contribution in [2.45, 2.75) is 13.0 Å². The van der Waals surface area contributed by atoms with Crippen molar-refractivity contribution in [3.8, 4) is 0 Å². The molecule has 1 heterocycles. The lowest BCUT2D eigenvalue weighted by atomic mass is 10.2. The summed E-state index contributed by atoms with van der Waals surface area (Å²) >= 11 is 7.99. The summed E-state index contributed by atoms with van der Waals surface area (Å²) in [5.41, 5.74) is 0.278. The monoisotopic (exact) mass is 395 g/mol. The van der Waals surface area contributed by atoms with Gasteiger partial charge in [0.05, 0.1) is 16.2 Å². The highest BCUT2D eigenvalue weighted by atomic mass is 79.9. The van der Waals surface area contributed by atoms with Crippen LogP contribution in [0, 0.1) is 11.6 Å². The molecule has 0 amide bonds. The fourth-order valence-electron chi connectivity index (χ4n) is 1.49. The Bertz CT molecular complexity index is 571. The topological polar surface area (TPSA) is 12.0 Å². The molecule has 0 radical (unpaired) electrons. The number of thiophene rings is 1. The van der Waals surface area contributed by atoms with Gasteiger partial charge < -0.3 is 5.32 Å². The van der Waals surface area contributed by atoms with E-state index in [0.717, 1.165) is 15.4 Å². The molecule has 1 aromatic carbocycles. The maximum atomic E-state index is 13.6. The highest BCUT2D eigenvalue weighted by Gasteiger charge is 2.13. The molecule has 2 aromatic rings. The van der Waals surface area contributed by atoms with Crippen molar-refractivity contribution in [1.29, 1.82) is 0 Å². The van der Waals surface area contributed by atoms with E-state index in [1.165, 1.54) is 6.07 Å². The first-order valence-electron chi connectivity index (χ1n) is 5.12. The van der Waals surface area contributed by atoms with Gasteiger partial charge in [0, 0.05) is 20.8 Å². The van der Waals surface area contributed by atoms with Crippen molar-refractivity contribution in [3.05, 3.63) is 49.0 Å². The molecule has 0 aliphatic rings. The van der Waals surface area contributed by atoms with Gasteiger partial charge in [0.15, 0.2) is 0 Å². The van der Waals surface area contributed by atoms with Crippen LogP contribution in [0.5, 0.6) is 0 Å². The highest BCUT2D eigenvalue weighted by Crippen LogP contribution is 2.30. The number of hydrogen-bond donors (Lipinski definition) is 1. The van der Waals surface area contributed by atoms with E-state index in [1.54, 1.807) is 11.3 Å². The third-order valence-corrected chi connectivity index (χ3v) is 4.88. The summed E-state index contributed by atoms with van der Waals surface area (Å²) in [5.74, 6) is -1.21. The SMILES string of the molecule is CC(Nc1cc(Br)c(F)cc1F)c1cc(Br)cs1. The van der Waals surface area contributed by atoms with Crippen molar-refractivity contribution in [2.24, 2.45) is 0 Å². The highest BCUT2D eigenvalue weighted by molar-refractivity contribution is 9.10. The average molecular weight is 397 g/mol. The molecule has 1 nitrogen and oxygen atoms in total. The van der Waals surface area contributed by atoms with Crippen molar-refractivity contribution in [3.63, 3.8) is 0 Å². The Morgan fingerprint density at radius 2 is 1.89 bits per heavy atom. The average Bonchev–Trinajstić information content (AvgIpc) is 2.73. The molecular formula is C12H9Br2F2NS. The molecule has 6 heteroatoms. The van der Waals surface area contributed by atoms with Gasteiger partial charge in [0.25, 0.3) is 0 Å². The van der Waals surface area contributed by atoms with Crippen LogP contribution >= 0.6 is 43.2 Å². The normalized spacial score (nSPS) is 12.5. The Labute approximate surface area is 124 Å². The Morgan fingerprint density at radius 3 is 2.50 bits per heavy atom. The second-order valence-electron chi connectivity index (χ2n) is 3.78. The van der Waals surface area contributed by atoms with Gasteiger partial charge in [-0.15, -0.1) is 11.3 Å². The number of rotatable bonds is 3. The van der Waals surface area contributed by atoms with Gasteiger partial charge in [-0.2, -0.15) is 0 Å². The molecule has 0 saturated heterocycles. The largest absolute Gasteiger partial charge is 0.375 e. The number of benzene rings is 1. The number of nitrogens with one attached hydrogen (secondary N) is 1. The second-order valence-corrected chi connectivity index (χ2v) is 6.49. The van der Waals surface area contributed by atoms with Crippen LogP contribution < -0.4 is 5.32 Å². The molecule has 0 spiro atoms. The fraction of sp³-hybridized carbons (Fsp3) is 0.167. The fourth-order valence-corrected chi connectivity index (χ4v) is 3.29. The molecule has 0 aliphatic heterocycles. The first-order chi connectivity index (χ1) is 8.47. The zero-order chi connectivity index (χ0) is 13.3. The van der Waals surface area contributed by atoms with Gasteiger partial charge in [-0.1, -0.05) is 0 Å². The van der Waals surface area contributed by atoms with Crippen molar-refractivity contribution >= 4 is 48.9 Å². The van der Waals surface area contributed by atoms with E-state index >= 15 is 0 Å². The summed E-state index contributed by atoms with van der Waals surface area (Å²) in [7, 11) is 0. The minimum atomic E-state index is -0.607. The van der Waals surface area contributed by atoms with E-state index in [0.29, 0.717) is 0 Å². The van der Waals surface area contributed by atoms with Crippen LogP contribution in [0.25, 0.3) is 0 Å². The lowest BCUT2D eigenvalue weighted by Gasteiger charge is -2.14. The minimum Gasteiger partial charge on any atom is -0.375 e. The van der Waals surface area contributed by atoms with E-state index in [1.807, 2.05) is 18.4 Å². The number of anilines is 1. The first kappa shape index (κ1) is 14.0. The quantitative estimate of drug-likeness (QED) is 0.653. The van der Waals surface area contributed by atoms with Crippen molar-refractivity contribution in [2.75, 3.05) is 5.32 Å². The smallest absolute Gasteiger partial charge is 0.149 e. The van der Waals surface area contributed by atoms with Crippen molar-refractivity contribution < 1.29 is 8.78 Å². The predicted molar refractivity (Wildman–Crippen MR) is 78.1 cm³/mol. The Morgan fingerprint density at radius 1 is 1.17 bits per heavy atom. The maximum absolute atomic E-state index is 13.6. The second kappa shape index (κ2) is 5.67. The van der Waals surface area contributed by atoms with E-state index in [2.05, 4.69) is 37.2 Å². The third-order valence-electron chi connectivity index (χ3n) is 2.40. The number of halogens is 4. The molecular weight excluding hydrogens is 388 g/mol. The van der Waals surface area contributed by atoms with Crippen LogP contribution in [0.3, 0.4) is 0 Å². The zero-order valence-electron chi connectivity index (χ0n) is 9.31. The Kier molecular flexibility index (Phi) is 4.40. The van der Waals surface area contributed by atoms with Gasteiger partial charge >= 0.3 is 0 Å². The summed E-state index contributed by atoms with van der Waals surface area (Å²) in [6.07, 6.45) is 0. The lowest BCUT2D eigenvalue weighted by molar-refractivity contribution is 0.579. The molecule has 0 saturated carbocycles. The van der Waals surface area contributed by atoms with Gasteiger partial charge in [0.1, 0.15) is 11.6 Å². The molecule has 96 valence electrons. The summed E-state index contributed by atoms with van der Waals surface area (Å²) < 4.78 is 27.9. The van der Waals surface area contributed by atoms with Gasteiger partial charge in [0.2, 0.25) is 0 Å². The molecule has 1 atom stereocenters. The lowest BCUT2D eigenvalue weighted by Crippen LogP contribution is -2.06.